The van der Waals surface area contributed by atoms with Crippen molar-refractivity contribution >= 4 is 23.4 Å². The Morgan fingerprint density at radius 3 is 2.50 bits per heavy atom. The van der Waals surface area contributed by atoms with Crippen LogP contribution in [0.5, 0.6) is 0 Å². The number of benzene rings is 1. The zero-order valence-corrected chi connectivity index (χ0v) is 15.4. The Balaban J connectivity index is 2.26. The molecule has 0 atom stereocenters. The first-order valence-electron chi connectivity index (χ1n) is 8.05. The van der Waals surface area contributed by atoms with Crippen molar-refractivity contribution in [2.24, 2.45) is 0 Å². The van der Waals surface area contributed by atoms with Gasteiger partial charge in [-0.3, -0.25) is 14.9 Å². The molecule has 0 spiro atoms. The molecule has 0 aliphatic carbocycles. The lowest BCUT2D eigenvalue weighted by molar-refractivity contribution is -0.384. The van der Waals surface area contributed by atoms with Crippen LogP contribution in [0.2, 0.25) is 0 Å². The van der Waals surface area contributed by atoms with E-state index in [-0.39, 0.29) is 22.4 Å². The van der Waals surface area contributed by atoms with E-state index in [1.165, 1.54) is 12.1 Å². The monoisotopic (exact) mass is 352 g/mol. The number of carbonyl (C=O) groups is 1. The summed E-state index contributed by atoms with van der Waals surface area (Å²) < 4.78 is 5.51. The fourth-order valence-corrected chi connectivity index (χ4v) is 3.64. The third-order valence-corrected chi connectivity index (χ3v) is 5.45. The molecule has 1 aliphatic rings. The normalized spacial score (nSPS) is 17.1. The molecule has 24 heavy (non-hydrogen) atoms. The molecule has 0 bridgehead atoms. The number of thioether (sulfide) groups is 1. The second-order valence-corrected chi connectivity index (χ2v) is 8.17. The van der Waals surface area contributed by atoms with E-state index in [1.54, 1.807) is 29.8 Å². The zero-order chi connectivity index (χ0) is 17.9. The van der Waals surface area contributed by atoms with E-state index < -0.39 is 4.92 Å². The van der Waals surface area contributed by atoms with Crippen LogP contribution >= 0.6 is 11.8 Å². The summed E-state index contributed by atoms with van der Waals surface area (Å²) in [6, 6.07) is 4.54. The van der Waals surface area contributed by atoms with Crippen LogP contribution in [0.15, 0.2) is 23.1 Å². The highest BCUT2D eigenvalue weighted by molar-refractivity contribution is 8.00. The second-order valence-electron chi connectivity index (χ2n) is 6.55. The molecule has 6 nitrogen and oxygen atoms in total. The topological polar surface area (TPSA) is 72.7 Å². The molecule has 0 saturated carbocycles. The molecule has 1 saturated heterocycles. The van der Waals surface area contributed by atoms with Crippen molar-refractivity contribution in [3.8, 4) is 0 Å². The predicted octanol–water partition coefficient (Wildman–Crippen LogP) is 3.74. The number of likely N-dealkylation sites (tertiary alicyclic amines) is 1. The van der Waals surface area contributed by atoms with Gasteiger partial charge in [0, 0.05) is 42.5 Å². The van der Waals surface area contributed by atoms with E-state index in [4.69, 9.17) is 4.74 Å². The lowest BCUT2D eigenvalue weighted by Gasteiger charge is -2.38. The van der Waals surface area contributed by atoms with Gasteiger partial charge in [-0.1, -0.05) is 13.8 Å². The molecule has 132 valence electrons. The van der Waals surface area contributed by atoms with E-state index in [0.29, 0.717) is 18.7 Å². The first kappa shape index (κ1) is 18.7. The Kier molecular flexibility index (Phi) is 5.87. The number of hydrogen-bond donors (Lipinski definition) is 0. The van der Waals surface area contributed by atoms with E-state index >= 15 is 0 Å². The summed E-state index contributed by atoms with van der Waals surface area (Å²) in [5.41, 5.74) is 0.170. The summed E-state index contributed by atoms with van der Waals surface area (Å²) in [5.74, 6) is -0.139. The summed E-state index contributed by atoms with van der Waals surface area (Å²) in [5, 5.41) is 11.4. The number of hydrogen-bond acceptors (Lipinski definition) is 5. The van der Waals surface area contributed by atoms with E-state index in [0.717, 1.165) is 17.7 Å². The van der Waals surface area contributed by atoms with Crippen LogP contribution in [0.1, 0.15) is 44.0 Å². The smallest absolute Gasteiger partial charge is 0.270 e. The molecule has 1 aromatic rings. The molecule has 0 N–H and O–H groups in total. The number of amides is 1. The fraction of sp³-hybridized carbons (Fsp3) is 0.588. The van der Waals surface area contributed by atoms with Crippen LogP contribution in [0.4, 0.5) is 5.69 Å². The average molecular weight is 352 g/mol. The lowest BCUT2D eigenvalue weighted by atomic mass is 9.93. The number of non-ortho nitro benzene ring substituents is 1. The molecule has 2 rings (SSSR count). The average Bonchev–Trinajstić information content (AvgIpc) is 2.54. The van der Waals surface area contributed by atoms with Gasteiger partial charge in [0.1, 0.15) is 0 Å². The van der Waals surface area contributed by atoms with Crippen LogP contribution in [0, 0.1) is 10.1 Å². The van der Waals surface area contributed by atoms with Crippen LogP contribution in [0.3, 0.4) is 0 Å². The van der Waals surface area contributed by atoms with Gasteiger partial charge < -0.3 is 9.64 Å². The molecule has 0 aromatic heterocycles. The Morgan fingerprint density at radius 1 is 1.38 bits per heavy atom. The van der Waals surface area contributed by atoms with Gasteiger partial charge in [-0.15, -0.1) is 11.8 Å². The largest absolute Gasteiger partial charge is 0.378 e. The highest BCUT2D eigenvalue weighted by Gasteiger charge is 2.33. The molecule has 0 unspecified atom stereocenters. The summed E-state index contributed by atoms with van der Waals surface area (Å²) in [6.45, 7) is 7.30. The van der Waals surface area contributed by atoms with Crippen LogP contribution in [0.25, 0.3) is 0 Å². The lowest BCUT2D eigenvalue weighted by Crippen LogP contribution is -2.46. The fourth-order valence-electron chi connectivity index (χ4n) is 2.71. The third kappa shape index (κ3) is 4.27. The molecular formula is C17H24N2O4S. The Bertz CT molecular complexity index is 625. The van der Waals surface area contributed by atoms with Crippen molar-refractivity contribution in [3.63, 3.8) is 0 Å². The number of nitrogens with zero attached hydrogens (tertiary/aromatic N) is 2. The molecule has 1 fully saturated rings. The van der Waals surface area contributed by atoms with Crippen molar-refractivity contribution < 1.29 is 14.5 Å². The summed E-state index contributed by atoms with van der Waals surface area (Å²) >= 11 is 1.55. The van der Waals surface area contributed by atoms with E-state index in [9.17, 15) is 14.9 Å². The first-order chi connectivity index (χ1) is 11.3. The van der Waals surface area contributed by atoms with Gasteiger partial charge in [-0.05, 0) is 25.8 Å². The van der Waals surface area contributed by atoms with Gasteiger partial charge >= 0.3 is 0 Å². The number of ether oxygens (including phenoxy) is 1. The van der Waals surface area contributed by atoms with Crippen molar-refractivity contribution in [2.75, 3.05) is 20.2 Å². The molecule has 1 aliphatic heterocycles. The van der Waals surface area contributed by atoms with Gasteiger partial charge in [0.05, 0.1) is 16.1 Å². The van der Waals surface area contributed by atoms with Gasteiger partial charge in [0.15, 0.2) is 0 Å². The molecule has 1 aromatic carbocycles. The summed E-state index contributed by atoms with van der Waals surface area (Å²) in [7, 11) is 1.69. The van der Waals surface area contributed by atoms with E-state index in [1.807, 2.05) is 20.8 Å². The van der Waals surface area contributed by atoms with Crippen LogP contribution < -0.4 is 0 Å². The Morgan fingerprint density at radius 2 is 2.00 bits per heavy atom. The Labute approximate surface area is 146 Å². The quantitative estimate of drug-likeness (QED) is 0.458. The number of methoxy groups -OCH3 is 1. The standard InChI is InChI=1S/C17H24N2O4S/c1-12(2)24-15-6-5-13(19(21)22)11-14(15)16(20)18-9-7-17(3,23-4)8-10-18/h5-6,11-12H,7-10H2,1-4H3. The summed E-state index contributed by atoms with van der Waals surface area (Å²) in [6.07, 6.45) is 1.52. The zero-order valence-electron chi connectivity index (χ0n) is 14.6. The minimum atomic E-state index is -0.460. The third-order valence-electron chi connectivity index (χ3n) is 4.37. The van der Waals surface area contributed by atoms with Crippen molar-refractivity contribution in [1.29, 1.82) is 0 Å². The molecular weight excluding hydrogens is 328 g/mol. The predicted molar refractivity (Wildman–Crippen MR) is 94.6 cm³/mol. The minimum absolute atomic E-state index is 0.0507. The van der Waals surface area contributed by atoms with Gasteiger partial charge in [0.2, 0.25) is 0 Å². The molecule has 1 heterocycles. The van der Waals surface area contributed by atoms with Gasteiger partial charge in [-0.25, -0.2) is 0 Å². The minimum Gasteiger partial charge on any atom is -0.378 e. The highest BCUT2D eigenvalue weighted by atomic mass is 32.2. The van der Waals surface area contributed by atoms with Crippen molar-refractivity contribution in [3.05, 3.63) is 33.9 Å². The molecule has 7 heteroatoms. The van der Waals surface area contributed by atoms with Crippen LogP contribution in [-0.2, 0) is 4.74 Å². The van der Waals surface area contributed by atoms with Crippen molar-refractivity contribution in [2.45, 2.75) is 49.4 Å². The number of piperidine rings is 1. The van der Waals surface area contributed by atoms with Gasteiger partial charge in [0.25, 0.3) is 11.6 Å². The number of nitro groups is 1. The number of nitro benzene ring substituents is 1. The number of carbonyl (C=O) groups excluding carboxylic acids is 1. The second kappa shape index (κ2) is 7.53. The number of rotatable bonds is 5. The maximum Gasteiger partial charge on any atom is 0.270 e. The maximum atomic E-state index is 12.9. The highest BCUT2D eigenvalue weighted by Crippen LogP contribution is 2.32. The Hall–Kier alpha value is -1.60. The van der Waals surface area contributed by atoms with Gasteiger partial charge in [-0.2, -0.15) is 0 Å². The SMILES string of the molecule is COC1(C)CCN(C(=O)c2cc([N+](=O)[O-])ccc2SC(C)C)CC1. The van der Waals surface area contributed by atoms with Crippen molar-refractivity contribution in [1.82, 2.24) is 4.90 Å². The van der Waals surface area contributed by atoms with E-state index in [2.05, 4.69) is 0 Å². The maximum absolute atomic E-state index is 12.9. The summed E-state index contributed by atoms with van der Waals surface area (Å²) in [4.78, 5) is 26.1. The van der Waals surface area contributed by atoms with Crippen LogP contribution in [-0.4, -0.2) is 46.8 Å². The molecule has 0 radical (unpaired) electrons. The first-order valence-corrected chi connectivity index (χ1v) is 8.93. The molecule has 1 amide bonds.